The predicted octanol–water partition coefficient (Wildman–Crippen LogP) is 3.59. The third-order valence-electron chi connectivity index (χ3n) is 4.10. The molecule has 1 aromatic heterocycles. The summed E-state index contributed by atoms with van der Waals surface area (Å²) in [7, 11) is -3.03. The summed E-state index contributed by atoms with van der Waals surface area (Å²) in [4.78, 5) is 15.2. The molecule has 1 aromatic carbocycles. The summed E-state index contributed by atoms with van der Waals surface area (Å²) in [6, 6.07) is 7.40. The van der Waals surface area contributed by atoms with Gasteiger partial charge < -0.3 is 4.90 Å². The van der Waals surface area contributed by atoms with Gasteiger partial charge in [0.05, 0.1) is 16.5 Å². The van der Waals surface area contributed by atoms with Crippen LogP contribution in [0.2, 0.25) is 5.02 Å². The maximum Gasteiger partial charge on any atom is 0.265 e. The Morgan fingerprint density at radius 3 is 2.74 bits per heavy atom. The van der Waals surface area contributed by atoms with E-state index in [1.54, 1.807) is 4.90 Å². The van der Waals surface area contributed by atoms with E-state index in [1.165, 1.54) is 11.3 Å². The molecule has 1 aliphatic rings. The minimum Gasteiger partial charge on any atom is -0.334 e. The fourth-order valence-electron chi connectivity index (χ4n) is 2.99. The van der Waals surface area contributed by atoms with Crippen LogP contribution < -0.4 is 0 Å². The van der Waals surface area contributed by atoms with Gasteiger partial charge in [-0.05, 0) is 18.9 Å². The third-order valence-corrected chi connectivity index (χ3v) is 7.52. The van der Waals surface area contributed by atoms with Crippen molar-refractivity contribution in [2.75, 3.05) is 18.1 Å². The van der Waals surface area contributed by atoms with Gasteiger partial charge in [-0.25, -0.2) is 8.42 Å². The number of rotatable bonds is 4. The average molecular weight is 372 g/mol. The topological polar surface area (TPSA) is 54.5 Å². The van der Waals surface area contributed by atoms with Crippen LogP contribution >= 0.6 is 22.9 Å². The number of amides is 1. The molecule has 1 amide bonds. The number of halogens is 1. The average Bonchev–Trinajstić information content (AvgIpc) is 3.05. The Kier molecular flexibility index (Phi) is 4.67. The molecule has 1 saturated heterocycles. The summed E-state index contributed by atoms with van der Waals surface area (Å²) in [5.41, 5.74) is 0. The Morgan fingerprint density at radius 2 is 2.13 bits per heavy atom. The molecule has 4 nitrogen and oxygen atoms in total. The van der Waals surface area contributed by atoms with Gasteiger partial charge in [-0.1, -0.05) is 36.7 Å². The van der Waals surface area contributed by atoms with Crippen molar-refractivity contribution in [3.63, 3.8) is 0 Å². The molecular weight excluding hydrogens is 354 g/mol. The molecule has 0 radical (unpaired) electrons. The first-order valence-corrected chi connectivity index (χ1v) is 10.6. The van der Waals surface area contributed by atoms with Crippen LogP contribution in [0.4, 0.5) is 0 Å². The van der Waals surface area contributed by atoms with Crippen molar-refractivity contribution in [3.8, 4) is 0 Å². The van der Waals surface area contributed by atoms with Crippen LogP contribution in [-0.4, -0.2) is 43.3 Å². The zero-order valence-corrected chi connectivity index (χ0v) is 15.2. The van der Waals surface area contributed by atoms with E-state index >= 15 is 0 Å². The maximum absolute atomic E-state index is 13.0. The van der Waals surface area contributed by atoms with E-state index in [0.717, 1.165) is 16.5 Å². The highest BCUT2D eigenvalue weighted by molar-refractivity contribution is 7.91. The first-order valence-electron chi connectivity index (χ1n) is 7.61. The van der Waals surface area contributed by atoms with Gasteiger partial charge in [0, 0.05) is 22.7 Å². The largest absolute Gasteiger partial charge is 0.334 e. The number of carbonyl (C=O) groups excluding carboxylic acids is 1. The predicted molar refractivity (Wildman–Crippen MR) is 95.2 cm³/mol. The van der Waals surface area contributed by atoms with E-state index in [4.69, 9.17) is 11.6 Å². The Bertz CT molecular complexity index is 844. The summed E-state index contributed by atoms with van der Waals surface area (Å²) in [6.07, 6.45) is 1.29. The molecule has 2 heterocycles. The summed E-state index contributed by atoms with van der Waals surface area (Å²) in [5, 5.41) is 1.34. The van der Waals surface area contributed by atoms with Gasteiger partial charge in [0.1, 0.15) is 4.88 Å². The standard InChI is InChI=1S/C16H18ClNO3S2/c1-2-8-18(11-7-9-23(20,21)10-11)16(19)15-14(17)12-5-3-4-6-13(12)22-15/h3-6,11H,2,7-10H2,1H3. The van der Waals surface area contributed by atoms with Crippen molar-refractivity contribution in [1.29, 1.82) is 0 Å². The minimum absolute atomic E-state index is 0.0568. The second kappa shape index (κ2) is 6.42. The number of benzene rings is 1. The van der Waals surface area contributed by atoms with E-state index < -0.39 is 9.84 Å². The van der Waals surface area contributed by atoms with Crippen LogP contribution in [-0.2, 0) is 9.84 Å². The molecule has 1 atom stereocenters. The fourth-order valence-corrected chi connectivity index (χ4v) is 6.19. The van der Waals surface area contributed by atoms with Crippen LogP contribution in [0.15, 0.2) is 24.3 Å². The van der Waals surface area contributed by atoms with Crippen molar-refractivity contribution in [2.24, 2.45) is 0 Å². The van der Waals surface area contributed by atoms with Crippen molar-refractivity contribution < 1.29 is 13.2 Å². The van der Waals surface area contributed by atoms with Gasteiger partial charge in [0.2, 0.25) is 0 Å². The van der Waals surface area contributed by atoms with Crippen LogP contribution in [0.3, 0.4) is 0 Å². The number of fused-ring (bicyclic) bond motifs is 1. The van der Waals surface area contributed by atoms with Gasteiger partial charge >= 0.3 is 0 Å². The lowest BCUT2D eigenvalue weighted by Gasteiger charge is -2.27. The van der Waals surface area contributed by atoms with Gasteiger partial charge in [-0.15, -0.1) is 11.3 Å². The Balaban J connectivity index is 1.95. The molecular formula is C16H18ClNO3S2. The summed E-state index contributed by atoms with van der Waals surface area (Å²) in [5.74, 6) is 0.0622. The lowest BCUT2D eigenvalue weighted by atomic mass is 10.2. The van der Waals surface area contributed by atoms with Crippen molar-refractivity contribution in [3.05, 3.63) is 34.2 Å². The maximum atomic E-state index is 13.0. The van der Waals surface area contributed by atoms with Crippen LogP contribution in [0.25, 0.3) is 10.1 Å². The van der Waals surface area contributed by atoms with E-state index in [2.05, 4.69) is 0 Å². The lowest BCUT2D eigenvalue weighted by Crippen LogP contribution is -2.41. The number of hydrogen-bond acceptors (Lipinski definition) is 4. The first-order chi connectivity index (χ1) is 10.9. The summed E-state index contributed by atoms with van der Waals surface area (Å²) in [6.45, 7) is 2.53. The Labute approximate surface area is 145 Å². The molecule has 124 valence electrons. The highest BCUT2D eigenvalue weighted by atomic mass is 35.5. The molecule has 1 fully saturated rings. The fraction of sp³-hybridized carbons (Fsp3) is 0.438. The van der Waals surface area contributed by atoms with Gasteiger partial charge in [-0.2, -0.15) is 0 Å². The number of carbonyl (C=O) groups is 1. The molecule has 0 N–H and O–H groups in total. The van der Waals surface area contributed by atoms with E-state index in [1.807, 2.05) is 31.2 Å². The van der Waals surface area contributed by atoms with E-state index in [-0.39, 0.29) is 23.5 Å². The molecule has 2 aromatic rings. The quantitative estimate of drug-likeness (QED) is 0.825. The minimum atomic E-state index is -3.03. The van der Waals surface area contributed by atoms with E-state index in [0.29, 0.717) is 22.9 Å². The molecule has 0 aliphatic carbocycles. The van der Waals surface area contributed by atoms with Crippen molar-refractivity contribution in [2.45, 2.75) is 25.8 Å². The summed E-state index contributed by atoms with van der Waals surface area (Å²) >= 11 is 7.78. The molecule has 3 rings (SSSR count). The third kappa shape index (κ3) is 3.25. The smallest absolute Gasteiger partial charge is 0.265 e. The van der Waals surface area contributed by atoms with Gasteiger partial charge in [0.15, 0.2) is 9.84 Å². The highest BCUT2D eigenvalue weighted by Gasteiger charge is 2.35. The second-order valence-corrected chi connectivity index (χ2v) is 9.46. The van der Waals surface area contributed by atoms with Crippen LogP contribution in [0.5, 0.6) is 0 Å². The lowest BCUT2D eigenvalue weighted by molar-refractivity contribution is 0.0702. The molecule has 0 spiro atoms. The van der Waals surface area contributed by atoms with Crippen LogP contribution in [0.1, 0.15) is 29.4 Å². The SMILES string of the molecule is CCCN(C(=O)c1sc2ccccc2c1Cl)C1CCS(=O)(=O)C1. The Hall–Kier alpha value is -1.11. The molecule has 0 bridgehead atoms. The zero-order chi connectivity index (χ0) is 16.6. The van der Waals surface area contributed by atoms with Crippen molar-refractivity contribution >= 4 is 48.8 Å². The van der Waals surface area contributed by atoms with E-state index in [9.17, 15) is 13.2 Å². The molecule has 23 heavy (non-hydrogen) atoms. The number of hydrogen-bond donors (Lipinski definition) is 0. The zero-order valence-electron chi connectivity index (χ0n) is 12.8. The molecule has 1 aliphatic heterocycles. The molecule has 0 saturated carbocycles. The van der Waals surface area contributed by atoms with Crippen molar-refractivity contribution in [1.82, 2.24) is 4.90 Å². The summed E-state index contributed by atoms with van der Waals surface area (Å²) < 4.78 is 24.5. The highest BCUT2D eigenvalue weighted by Crippen LogP contribution is 2.36. The molecule has 7 heteroatoms. The normalized spacial score (nSPS) is 20.0. The molecule has 1 unspecified atom stereocenters. The number of sulfone groups is 1. The monoisotopic (exact) mass is 371 g/mol. The number of thiophene rings is 1. The van der Waals surface area contributed by atoms with Gasteiger partial charge in [-0.3, -0.25) is 4.79 Å². The van der Waals surface area contributed by atoms with Gasteiger partial charge in [0.25, 0.3) is 5.91 Å². The first kappa shape index (κ1) is 16.7. The van der Waals surface area contributed by atoms with Crippen LogP contribution in [0, 0.1) is 0 Å². The Morgan fingerprint density at radius 1 is 1.39 bits per heavy atom. The number of nitrogens with zero attached hydrogens (tertiary/aromatic N) is 1. The second-order valence-electron chi connectivity index (χ2n) is 5.80.